The molecule has 0 bridgehead atoms. The second-order valence-corrected chi connectivity index (χ2v) is 10.6. The Hall–Kier alpha value is -3.10. The molecule has 2 aliphatic heterocycles. The summed E-state index contributed by atoms with van der Waals surface area (Å²) in [6, 6.07) is 10.0. The first-order chi connectivity index (χ1) is 17.9. The van der Waals surface area contributed by atoms with Crippen LogP contribution in [0.3, 0.4) is 0 Å². The summed E-state index contributed by atoms with van der Waals surface area (Å²) in [5.74, 6) is 2.24. The van der Waals surface area contributed by atoms with Gasteiger partial charge in [0.2, 0.25) is 0 Å². The summed E-state index contributed by atoms with van der Waals surface area (Å²) >= 11 is 6.69. The molecule has 2 fully saturated rings. The maximum Gasteiger partial charge on any atom is 0.349 e. The standard InChI is InChI=1S/C28H31ClN4O4/c1-4-18-12-17(27-30-22-11-16(2)5-6-24(22)37-27)7-9-33(18)26-20-13-21(29)25(36-19-8-10-35-15-19)14-23(20)32(3)28(34)31-26/h5-6,11,13-14,17-19H,4,7-10,12,15H2,1-3H3/t17-,18-,19-/m0/s1. The molecule has 9 heteroatoms. The second-order valence-electron chi connectivity index (χ2n) is 10.2. The van der Waals surface area contributed by atoms with Crippen LogP contribution in [0.5, 0.6) is 5.75 Å². The number of aromatic nitrogens is 3. The van der Waals surface area contributed by atoms with Crippen molar-refractivity contribution in [3.63, 3.8) is 0 Å². The maximum absolute atomic E-state index is 13.0. The van der Waals surface area contributed by atoms with Crippen LogP contribution < -0.4 is 15.3 Å². The summed E-state index contributed by atoms with van der Waals surface area (Å²) < 4.78 is 19.2. The molecule has 0 radical (unpaired) electrons. The summed E-state index contributed by atoms with van der Waals surface area (Å²) in [4.78, 5) is 24.5. The van der Waals surface area contributed by atoms with Gasteiger partial charge in [-0.25, -0.2) is 9.78 Å². The van der Waals surface area contributed by atoms with E-state index >= 15 is 0 Å². The number of hydrogen-bond acceptors (Lipinski definition) is 7. The predicted molar refractivity (Wildman–Crippen MR) is 144 cm³/mol. The molecule has 4 heterocycles. The first-order valence-corrected chi connectivity index (χ1v) is 13.4. The Morgan fingerprint density at radius 2 is 2.05 bits per heavy atom. The molecule has 4 aromatic rings. The lowest BCUT2D eigenvalue weighted by atomic mass is 9.89. The Balaban J connectivity index is 1.33. The molecule has 0 saturated carbocycles. The minimum atomic E-state index is -0.300. The average Bonchev–Trinajstić information content (AvgIpc) is 3.56. The van der Waals surface area contributed by atoms with E-state index in [-0.39, 0.29) is 23.8 Å². The predicted octanol–water partition coefficient (Wildman–Crippen LogP) is 5.37. The fourth-order valence-electron chi connectivity index (χ4n) is 5.59. The SMILES string of the molecule is CC[C@H]1C[C@@H](c2nc3cc(C)ccc3o2)CCN1c1nc(=O)n(C)c2cc(O[C@H]3CCOC3)c(Cl)cc12. The van der Waals surface area contributed by atoms with Gasteiger partial charge in [-0.3, -0.25) is 4.57 Å². The fourth-order valence-corrected chi connectivity index (χ4v) is 5.80. The Kier molecular flexibility index (Phi) is 6.32. The van der Waals surface area contributed by atoms with Crippen molar-refractivity contribution in [2.24, 2.45) is 7.05 Å². The zero-order chi connectivity index (χ0) is 25.7. The number of benzene rings is 2. The van der Waals surface area contributed by atoms with Gasteiger partial charge in [-0.05, 0) is 49.9 Å². The van der Waals surface area contributed by atoms with E-state index in [1.807, 2.05) is 24.3 Å². The molecule has 6 rings (SSSR count). The molecule has 3 atom stereocenters. The van der Waals surface area contributed by atoms with Crippen LogP contribution in [-0.2, 0) is 11.8 Å². The van der Waals surface area contributed by atoms with Crippen LogP contribution in [0.2, 0.25) is 5.02 Å². The van der Waals surface area contributed by atoms with Gasteiger partial charge in [0.25, 0.3) is 0 Å². The highest BCUT2D eigenvalue weighted by atomic mass is 35.5. The van der Waals surface area contributed by atoms with Gasteiger partial charge in [0.1, 0.15) is 23.2 Å². The third-order valence-corrected chi connectivity index (χ3v) is 7.99. The Morgan fingerprint density at radius 3 is 2.84 bits per heavy atom. The molecule has 2 saturated heterocycles. The lowest BCUT2D eigenvalue weighted by Crippen LogP contribution is -2.43. The van der Waals surface area contributed by atoms with Crippen molar-refractivity contribution in [1.29, 1.82) is 0 Å². The number of ether oxygens (including phenoxy) is 2. The van der Waals surface area contributed by atoms with Gasteiger partial charge in [-0.1, -0.05) is 24.6 Å². The number of nitrogens with zero attached hydrogens (tertiary/aromatic N) is 4. The molecule has 0 unspecified atom stereocenters. The largest absolute Gasteiger partial charge is 0.486 e. The van der Waals surface area contributed by atoms with Crippen molar-refractivity contribution >= 4 is 39.4 Å². The lowest BCUT2D eigenvalue weighted by molar-refractivity contribution is 0.141. The van der Waals surface area contributed by atoms with Gasteiger partial charge in [0, 0.05) is 43.4 Å². The highest BCUT2D eigenvalue weighted by Crippen LogP contribution is 2.39. The van der Waals surface area contributed by atoms with Gasteiger partial charge in [-0.15, -0.1) is 0 Å². The minimum Gasteiger partial charge on any atom is -0.486 e. The maximum atomic E-state index is 13.0. The Labute approximate surface area is 220 Å². The summed E-state index contributed by atoms with van der Waals surface area (Å²) in [7, 11) is 1.73. The molecular formula is C28H31ClN4O4. The molecule has 194 valence electrons. The number of aryl methyl sites for hydroxylation is 2. The minimum absolute atomic E-state index is 0.0347. The van der Waals surface area contributed by atoms with E-state index in [0.29, 0.717) is 29.8 Å². The van der Waals surface area contributed by atoms with Crippen LogP contribution in [0.4, 0.5) is 5.82 Å². The smallest absolute Gasteiger partial charge is 0.349 e. The van der Waals surface area contributed by atoms with E-state index < -0.39 is 0 Å². The molecule has 0 aliphatic carbocycles. The van der Waals surface area contributed by atoms with Crippen LogP contribution in [0.1, 0.15) is 50.0 Å². The van der Waals surface area contributed by atoms with Gasteiger partial charge < -0.3 is 18.8 Å². The topological polar surface area (TPSA) is 82.6 Å². The van der Waals surface area contributed by atoms with E-state index in [9.17, 15) is 4.79 Å². The molecule has 8 nitrogen and oxygen atoms in total. The number of piperidine rings is 1. The van der Waals surface area contributed by atoms with E-state index in [1.54, 1.807) is 11.6 Å². The highest BCUT2D eigenvalue weighted by Gasteiger charge is 2.33. The van der Waals surface area contributed by atoms with Gasteiger partial charge in [0.15, 0.2) is 11.5 Å². The second kappa shape index (κ2) is 9.65. The number of anilines is 1. The third-order valence-electron chi connectivity index (χ3n) is 7.69. The summed E-state index contributed by atoms with van der Waals surface area (Å²) in [5.41, 5.74) is 3.35. The van der Waals surface area contributed by atoms with Crippen LogP contribution in [0, 0.1) is 6.92 Å². The molecule has 0 amide bonds. The zero-order valence-electron chi connectivity index (χ0n) is 21.4. The number of fused-ring (bicyclic) bond motifs is 2. The van der Waals surface area contributed by atoms with Gasteiger partial charge in [-0.2, -0.15) is 4.98 Å². The molecule has 2 aromatic heterocycles. The van der Waals surface area contributed by atoms with Crippen LogP contribution in [0.15, 0.2) is 39.5 Å². The number of oxazole rings is 1. The monoisotopic (exact) mass is 522 g/mol. The Morgan fingerprint density at radius 1 is 1.19 bits per heavy atom. The normalized spacial score (nSPS) is 22.3. The number of rotatable bonds is 5. The van der Waals surface area contributed by atoms with E-state index in [4.69, 9.17) is 30.5 Å². The van der Waals surface area contributed by atoms with Crippen LogP contribution in [-0.4, -0.2) is 46.4 Å². The molecule has 37 heavy (non-hydrogen) atoms. The first-order valence-electron chi connectivity index (χ1n) is 13.0. The summed E-state index contributed by atoms with van der Waals surface area (Å²) in [6.45, 7) is 6.19. The lowest BCUT2D eigenvalue weighted by Gasteiger charge is -2.39. The van der Waals surface area contributed by atoms with Crippen LogP contribution >= 0.6 is 11.6 Å². The van der Waals surface area contributed by atoms with E-state index in [2.05, 4.69) is 29.8 Å². The van der Waals surface area contributed by atoms with Crippen molar-refractivity contribution < 1.29 is 13.9 Å². The van der Waals surface area contributed by atoms with Crippen molar-refractivity contribution in [2.75, 3.05) is 24.7 Å². The first kappa shape index (κ1) is 24.2. The molecule has 0 spiro atoms. The van der Waals surface area contributed by atoms with Crippen molar-refractivity contribution in [1.82, 2.24) is 14.5 Å². The molecule has 2 aliphatic rings. The van der Waals surface area contributed by atoms with Crippen molar-refractivity contribution in [2.45, 2.75) is 57.6 Å². The molecule has 2 aromatic carbocycles. The third kappa shape index (κ3) is 4.46. The summed E-state index contributed by atoms with van der Waals surface area (Å²) in [5, 5.41) is 1.35. The van der Waals surface area contributed by atoms with E-state index in [0.717, 1.165) is 60.1 Å². The molecule has 0 N–H and O–H groups in total. The quantitative estimate of drug-likeness (QED) is 0.348. The van der Waals surface area contributed by atoms with Gasteiger partial charge >= 0.3 is 5.69 Å². The zero-order valence-corrected chi connectivity index (χ0v) is 22.1. The van der Waals surface area contributed by atoms with Gasteiger partial charge in [0.05, 0.1) is 23.8 Å². The molecular weight excluding hydrogens is 492 g/mol. The average molecular weight is 523 g/mol. The number of hydrogen-bond donors (Lipinski definition) is 0. The van der Waals surface area contributed by atoms with Crippen molar-refractivity contribution in [3.8, 4) is 5.75 Å². The number of halogens is 1. The highest BCUT2D eigenvalue weighted by molar-refractivity contribution is 6.33. The van der Waals surface area contributed by atoms with Crippen molar-refractivity contribution in [3.05, 3.63) is 57.3 Å². The van der Waals surface area contributed by atoms with Crippen LogP contribution in [0.25, 0.3) is 22.0 Å². The summed E-state index contributed by atoms with van der Waals surface area (Å²) in [6.07, 6.45) is 3.42. The fraction of sp³-hybridized carbons (Fsp3) is 0.464. The Bertz CT molecular complexity index is 1520. The van der Waals surface area contributed by atoms with E-state index in [1.165, 1.54) is 5.56 Å².